The van der Waals surface area contributed by atoms with Gasteiger partial charge in [0, 0.05) is 24.0 Å². The van der Waals surface area contributed by atoms with E-state index in [4.69, 9.17) is 16.3 Å². The molecule has 49 heavy (non-hydrogen) atoms. The molecule has 258 valence electrons. The van der Waals surface area contributed by atoms with E-state index in [0.717, 1.165) is 58.7 Å². The van der Waals surface area contributed by atoms with Gasteiger partial charge in [-0.05, 0) is 73.7 Å². The highest BCUT2D eigenvalue weighted by molar-refractivity contribution is 7.92. The van der Waals surface area contributed by atoms with Gasteiger partial charge in [-0.2, -0.15) is 0 Å². The number of hydrogen-bond acceptors (Lipinski definition) is 5. The molecule has 1 unspecified atom stereocenters. The molecule has 4 aromatic carbocycles. The average molecular weight is 702 g/mol. The van der Waals surface area contributed by atoms with Crippen molar-refractivity contribution in [2.45, 2.75) is 75.9 Å². The summed E-state index contributed by atoms with van der Waals surface area (Å²) in [5.41, 5.74) is 3.69. The number of sulfonamides is 1. The molecule has 1 N–H and O–H groups in total. The third kappa shape index (κ3) is 9.02. The molecule has 1 aliphatic carbocycles. The van der Waals surface area contributed by atoms with Crippen molar-refractivity contribution >= 4 is 39.1 Å². The van der Waals surface area contributed by atoms with Crippen LogP contribution in [0.2, 0.25) is 5.02 Å². The van der Waals surface area contributed by atoms with Crippen molar-refractivity contribution in [2.24, 2.45) is 0 Å². The highest BCUT2D eigenvalue weighted by Gasteiger charge is 2.36. The van der Waals surface area contributed by atoms with Crippen LogP contribution >= 0.6 is 11.6 Å². The Kier molecular flexibility index (Phi) is 12.0. The van der Waals surface area contributed by atoms with Crippen LogP contribution in [0.1, 0.15) is 54.4 Å². The van der Waals surface area contributed by atoms with Crippen LogP contribution in [0.15, 0.2) is 102 Å². The number of halogens is 1. The third-order valence-corrected chi connectivity index (χ3v) is 11.1. The van der Waals surface area contributed by atoms with Gasteiger partial charge in [0.05, 0.1) is 17.7 Å². The Labute approximate surface area is 295 Å². The molecule has 5 rings (SSSR count). The van der Waals surface area contributed by atoms with E-state index in [-0.39, 0.29) is 46.3 Å². The van der Waals surface area contributed by atoms with Crippen LogP contribution in [0.25, 0.3) is 0 Å². The molecule has 1 fully saturated rings. The molecule has 10 heteroatoms. The molecule has 2 amide bonds. The molecule has 4 aromatic rings. The number of amides is 2. The first-order chi connectivity index (χ1) is 23.6. The highest BCUT2D eigenvalue weighted by atomic mass is 35.5. The number of carbonyl (C=O) groups is 2. The Balaban J connectivity index is 1.61. The van der Waals surface area contributed by atoms with Crippen molar-refractivity contribution in [3.05, 3.63) is 124 Å². The second kappa shape index (κ2) is 16.4. The Hall–Kier alpha value is -4.34. The Morgan fingerprint density at radius 3 is 2.24 bits per heavy atom. The predicted octanol–water partition coefficient (Wildman–Crippen LogP) is 7.25. The number of nitrogens with one attached hydrogen (secondary N) is 1. The minimum atomic E-state index is -4.31. The molecule has 8 nitrogen and oxygen atoms in total. The smallest absolute Gasteiger partial charge is 0.264 e. The van der Waals surface area contributed by atoms with Crippen molar-refractivity contribution in [1.82, 2.24) is 10.2 Å². The van der Waals surface area contributed by atoms with Crippen LogP contribution in [-0.4, -0.2) is 50.9 Å². The standard InChI is InChI=1S/C39H44ClN3O5S/c1-28-18-21-34(22-19-28)49(46,47)43(35-25-32(40)20-23-37(35)48-3)27-38(44)42(26-31-15-11-10-12-29(31)2)36(24-30-13-6-4-7-14-30)39(45)41-33-16-8-5-9-17-33/h4,6-7,10-15,18-23,25,33,36H,5,8-9,16-17,24,26-27H2,1-3H3,(H,41,45). The fourth-order valence-electron chi connectivity index (χ4n) is 6.28. The van der Waals surface area contributed by atoms with Gasteiger partial charge in [0.25, 0.3) is 10.0 Å². The van der Waals surface area contributed by atoms with E-state index >= 15 is 0 Å². The molecule has 0 aliphatic heterocycles. The van der Waals surface area contributed by atoms with Crippen LogP contribution in [0.4, 0.5) is 5.69 Å². The van der Waals surface area contributed by atoms with Gasteiger partial charge in [-0.3, -0.25) is 13.9 Å². The zero-order valence-electron chi connectivity index (χ0n) is 28.3. The zero-order valence-corrected chi connectivity index (χ0v) is 29.8. The van der Waals surface area contributed by atoms with E-state index in [1.807, 2.05) is 68.4 Å². The molecule has 0 spiro atoms. The molecular formula is C39H44ClN3O5S. The summed E-state index contributed by atoms with van der Waals surface area (Å²) in [5.74, 6) is -0.569. The van der Waals surface area contributed by atoms with Gasteiger partial charge in [-0.25, -0.2) is 8.42 Å². The summed E-state index contributed by atoms with van der Waals surface area (Å²) in [7, 11) is -2.88. The average Bonchev–Trinajstić information content (AvgIpc) is 3.10. The van der Waals surface area contributed by atoms with Crippen molar-refractivity contribution in [1.29, 1.82) is 0 Å². The van der Waals surface area contributed by atoms with E-state index in [0.29, 0.717) is 0 Å². The van der Waals surface area contributed by atoms with Gasteiger partial charge in [0.1, 0.15) is 18.3 Å². The molecule has 1 aliphatic rings. The van der Waals surface area contributed by atoms with Crippen molar-refractivity contribution < 1.29 is 22.7 Å². The topological polar surface area (TPSA) is 96.0 Å². The summed E-state index contributed by atoms with van der Waals surface area (Å²) in [5, 5.41) is 3.52. The Morgan fingerprint density at radius 1 is 0.898 bits per heavy atom. The second-order valence-corrected chi connectivity index (χ2v) is 14.9. The maximum Gasteiger partial charge on any atom is 0.264 e. The van der Waals surface area contributed by atoms with Gasteiger partial charge in [0.15, 0.2) is 0 Å². The lowest BCUT2D eigenvalue weighted by Crippen LogP contribution is -2.55. The third-order valence-electron chi connectivity index (χ3n) is 9.12. The van der Waals surface area contributed by atoms with Crippen molar-refractivity contribution in [3.8, 4) is 5.75 Å². The van der Waals surface area contributed by atoms with E-state index in [1.54, 1.807) is 24.3 Å². The second-order valence-electron chi connectivity index (χ2n) is 12.6. The number of benzene rings is 4. The first kappa shape index (κ1) is 36.0. The zero-order chi connectivity index (χ0) is 35.0. The number of carbonyl (C=O) groups excluding carboxylic acids is 2. The minimum absolute atomic E-state index is 0.00857. The van der Waals surface area contributed by atoms with E-state index in [2.05, 4.69) is 5.32 Å². The number of anilines is 1. The molecule has 0 saturated heterocycles. The summed E-state index contributed by atoms with van der Waals surface area (Å²) in [6, 6.07) is 27.5. The van der Waals surface area contributed by atoms with E-state index < -0.39 is 28.5 Å². The molecule has 0 aromatic heterocycles. The maximum atomic E-state index is 14.9. The Bertz CT molecular complexity index is 1840. The summed E-state index contributed by atoms with van der Waals surface area (Å²) in [6.07, 6.45) is 5.22. The number of methoxy groups -OCH3 is 1. The van der Waals surface area contributed by atoms with Crippen LogP contribution in [0, 0.1) is 13.8 Å². The predicted molar refractivity (Wildman–Crippen MR) is 194 cm³/mol. The van der Waals surface area contributed by atoms with Gasteiger partial charge < -0.3 is 15.0 Å². The highest BCUT2D eigenvalue weighted by Crippen LogP contribution is 2.35. The van der Waals surface area contributed by atoms with Crippen LogP contribution < -0.4 is 14.4 Å². The lowest BCUT2D eigenvalue weighted by atomic mass is 9.94. The van der Waals surface area contributed by atoms with Crippen LogP contribution in [0.3, 0.4) is 0 Å². The molecule has 0 radical (unpaired) electrons. The molecule has 0 heterocycles. The molecule has 1 saturated carbocycles. The van der Waals surface area contributed by atoms with Gasteiger partial charge in [-0.15, -0.1) is 0 Å². The first-order valence-corrected chi connectivity index (χ1v) is 18.5. The number of hydrogen-bond donors (Lipinski definition) is 1. The van der Waals surface area contributed by atoms with Gasteiger partial charge in [0.2, 0.25) is 11.8 Å². The number of ether oxygens (including phenoxy) is 1. The quantitative estimate of drug-likeness (QED) is 0.159. The van der Waals surface area contributed by atoms with Crippen LogP contribution in [0.5, 0.6) is 5.75 Å². The lowest BCUT2D eigenvalue weighted by Gasteiger charge is -2.35. The van der Waals surface area contributed by atoms with Crippen molar-refractivity contribution in [3.63, 3.8) is 0 Å². The van der Waals surface area contributed by atoms with Crippen molar-refractivity contribution in [2.75, 3.05) is 18.0 Å². The number of aryl methyl sites for hydroxylation is 2. The summed E-state index contributed by atoms with van der Waals surface area (Å²) in [4.78, 5) is 30.7. The SMILES string of the molecule is COc1ccc(Cl)cc1N(CC(=O)N(Cc1ccccc1C)C(Cc1ccccc1)C(=O)NC1CCCCC1)S(=O)(=O)c1ccc(C)cc1. The lowest BCUT2D eigenvalue weighted by molar-refractivity contribution is -0.140. The first-order valence-electron chi connectivity index (χ1n) is 16.7. The maximum absolute atomic E-state index is 14.9. The minimum Gasteiger partial charge on any atom is -0.495 e. The van der Waals surface area contributed by atoms with Crippen LogP contribution in [-0.2, 0) is 32.6 Å². The van der Waals surface area contributed by atoms with Gasteiger partial charge in [-0.1, -0.05) is 103 Å². The Morgan fingerprint density at radius 2 is 1.57 bits per heavy atom. The fraction of sp³-hybridized carbons (Fsp3) is 0.333. The monoisotopic (exact) mass is 701 g/mol. The fourth-order valence-corrected chi connectivity index (χ4v) is 7.86. The summed E-state index contributed by atoms with van der Waals surface area (Å²) < 4.78 is 35.5. The summed E-state index contributed by atoms with van der Waals surface area (Å²) in [6.45, 7) is 3.33. The molecule has 0 bridgehead atoms. The van der Waals surface area contributed by atoms with E-state index in [1.165, 1.54) is 30.2 Å². The number of nitrogens with zero attached hydrogens (tertiary/aromatic N) is 2. The van der Waals surface area contributed by atoms with E-state index in [9.17, 15) is 18.0 Å². The normalized spacial score (nSPS) is 14.1. The van der Waals surface area contributed by atoms with Gasteiger partial charge >= 0.3 is 0 Å². The summed E-state index contributed by atoms with van der Waals surface area (Å²) >= 11 is 6.41. The number of rotatable bonds is 13. The molecule has 1 atom stereocenters. The molecular weight excluding hydrogens is 658 g/mol. The largest absolute Gasteiger partial charge is 0.495 e.